The van der Waals surface area contributed by atoms with Crippen molar-refractivity contribution >= 4 is 11.9 Å². The highest BCUT2D eigenvalue weighted by molar-refractivity contribution is 5.94. The van der Waals surface area contributed by atoms with Gasteiger partial charge in [0.15, 0.2) is 11.5 Å². The quantitative estimate of drug-likeness (QED) is 0.724. The molecule has 0 saturated heterocycles. The van der Waals surface area contributed by atoms with Crippen LogP contribution in [0.4, 0.5) is 0 Å². The Bertz CT molecular complexity index is 825. The summed E-state index contributed by atoms with van der Waals surface area (Å²) in [4.78, 5) is 37.8. The van der Waals surface area contributed by atoms with Gasteiger partial charge in [0.25, 0.3) is 5.91 Å². The molecule has 138 valence electrons. The van der Waals surface area contributed by atoms with Crippen LogP contribution >= 0.6 is 0 Å². The molecule has 1 heterocycles. The van der Waals surface area contributed by atoms with Gasteiger partial charge in [0.2, 0.25) is 5.56 Å². The number of esters is 1. The van der Waals surface area contributed by atoms with Gasteiger partial charge in [-0.1, -0.05) is 6.07 Å². The number of H-pyrrole nitrogens is 1. The number of ether oxygens (including phenoxy) is 3. The average Bonchev–Trinajstić information content (AvgIpc) is 2.67. The second kappa shape index (κ2) is 8.70. The zero-order chi connectivity index (χ0) is 19.1. The first-order valence-electron chi connectivity index (χ1n) is 7.76. The van der Waals surface area contributed by atoms with E-state index in [0.29, 0.717) is 17.1 Å². The molecule has 1 amide bonds. The summed E-state index contributed by atoms with van der Waals surface area (Å²) >= 11 is 0. The van der Waals surface area contributed by atoms with E-state index in [4.69, 9.17) is 14.2 Å². The first-order chi connectivity index (χ1) is 12.5. The van der Waals surface area contributed by atoms with Crippen LogP contribution in [0.15, 0.2) is 41.3 Å². The van der Waals surface area contributed by atoms with Crippen LogP contribution in [-0.4, -0.2) is 38.2 Å². The lowest BCUT2D eigenvalue weighted by atomic mass is 10.0. The SMILES string of the molecule is COC(=O)CC(NC(=O)c1ccc(=O)[nH]c1)c1ccc(OC)c(OC)c1. The lowest BCUT2D eigenvalue weighted by Gasteiger charge is -2.19. The van der Waals surface area contributed by atoms with Crippen molar-refractivity contribution in [1.82, 2.24) is 10.3 Å². The minimum atomic E-state index is -0.651. The fourth-order valence-corrected chi connectivity index (χ4v) is 2.37. The van der Waals surface area contributed by atoms with E-state index in [-0.39, 0.29) is 17.5 Å². The molecule has 2 rings (SSSR count). The van der Waals surface area contributed by atoms with Crippen LogP contribution < -0.4 is 20.3 Å². The Labute approximate surface area is 150 Å². The highest BCUT2D eigenvalue weighted by Crippen LogP contribution is 2.31. The predicted molar refractivity (Wildman–Crippen MR) is 93.4 cm³/mol. The smallest absolute Gasteiger partial charge is 0.307 e. The molecule has 0 aliphatic carbocycles. The number of amides is 1. The number of nitrogens with one attached hydrogen (secondary N) is 2. The van der Waals surface area contributed by atoms with Gasteiger partial charge in [-0.05, 0) is 23.8 Å². The van der Waals surface area contributed by atoms with E-state index in [1.54, 1.807) is 18.2 Å². The monoisotopic (exact) mass is 360 g/mol. The lowest BCUT2D eigenvalue weighted by molar-refractivity contribution is -0.141. The fourth-order valence-electron chi connectivity index (χ4n) is 2.37. The molecular formula is C18H20N2O6. The van der Waals surface area contributed by atoms with Gasteiger partial charge in [0.05, 0.1) is 39.4 Å². The van der Waals surface area contributed by atoms with Gasteiger partial charge < -0.3 is 24.5 Å². The van der Waals surface area contributed by atoms with Gasteiger partial charge >= 0.3 is 5.97 Å². The van der Waals surface area contributed by atoms with Crippen molar-refractivity contribution in [3.63, 3.8) is 0 Å². The van der Waals surface area contributed by atoms with Crippen molar-refractivity contribution in [2.45, 2.75) is 12.5 Å². The van der Waals surface area contributed by atoms with Crippen molar-refractivity contribution in [1.29, 1.82) is 0 Å². The first-order valence-corrected chi connectivity index (χ1v) is 7.76. The molecule has 0 fully saturated rings. The second-order valence-corrected chi connectivity index (χ2v) is 5.36. The molecule has 2 aromatic rings. The predicted octanol–water partition coefficient (Wildman–Crippen LogP) is 1.43. The third-order valence-electron chi connectivity index (χ3n) is 3.76. The number of carbonyl (C=O) groups excluding carboxylic acids is 2. The molecule has 1 aromatic heterocycles. The highest BCUT2D eigenvalue weighted by atomic mass is 16.5. The highest BCUT2D eigenvalue weighted by Gasteiger charge is 2.21. The van der Waals surface area contributed by atoms with Crippen molar-refractivity contribution in [2.75, 3.05) is 21.3 Å². The maximum Gasteiger partial charge on any atom is 0.307 e. The average molecular weight is 360 g/mol. The number of carbonyl (C=O) groups is 2. The maximum atomic E-state index is 12.4. The molecular weight excluding hydrogens is 340 g/mol. The van der Waals surface area contributed by atoms with Crippen molar-refractivity contribution in [2.24, 2.45) is 0 Å². The number of benzene rings is 1. The van der Waals surface area contributed by atoms with Crippen LogP contribution in [0.5, 0.6) is 11.5 Å². The summed E-state index contributed by atoms with van der Waals surface area (Å²) in [6.45, 7) is 0. The molecule has 8 nitrogen and oxygen atoms in total. The molecule has 0 spiro atoms. The third kappa shape index (κ3) is 4.62. The molecule has 2 N–H and O–H groups in total. The van der Waals surface area contributed by atoms with E-state index >= 15 is 0 Å². The molecule has 0 aliphatic heterocycles. The Morgan fingerprint density at radius 1 is 1.08 bits per heavy atom. The van der Waals surface area contributed by atoms with Gasteiger partial charge in [0, 0.05) is 12.3 Å². The standard InChI is InChI=1S/C18H20N2O6/c1-24-14-6-4-11(8-15(14)25-2)13(9-17(22)26-3)20-18(23)12-5-7-16(21)19-10-12/h4-8,10,13H,9H2,1-3H3,(H,19,21)(H,20,23). The van der Waals surface area contributed by atoms with Gasteiger partial charge in [-0.25, -0.2) is 0 Å². The molecule has 1 aromatic carbocycles. The van der Waals surface area contributed by atoms with E-state index in [0.717, 1.165) is 0 Å². The lowest BCUT2D eigenvalue weighted by Crippen LogP contribution is -2.31. The topological polar surface area (TPSA) is 107 Å². The molecule has 8 heteroatoms. The van der Waals surface area contributed by atoms with Gasteiger partial charge in [0.1, 0.15) is 0 Å². The summed E-state index contributed by atoms with van der Waals surface area (Å²) in [5, 5.41) is 2.76. The summed E-state index contributed by atoms with van der Waals surface area (Å²) in [5.74, 6) is 0.0784. The normalized spacial score (nSPS) is 11.3. The summed E-state index contributed by atoms with van der Waals surface area (Å²) in [7, 11) is 4.29. The van der Waals surface area contributed by atoms with E-state index in [9.17, 15) is 14.4 Å². The fraction of sp³-hybridized carbons (Fsp3) is 0.278. The first kappa shape index (κ1) is 19.0. The van der Waals surface area contributed by atoms with Crippen molar-refractivity contribution in [3.05, 3.63) is 58.0 Å². The zero-order valence-electron chi connectivity index (χ0n) is 14.7. The molecule has 0 saturated carbocycles. The van der Waals surface area contributed by atoms with E-state index < -0.39 is 17.9 Å². The van der Waals surface area contributed by atoms with E-state index in [2.05, 4.69) is 10.3 Å². The number of hydrogen-bond acceptors (Lipinski definition) is 6. The minimum Gasteiger partial charge on any atom is -0.493 e. The largest absolute Gasteiger partial charge is 0.493 e. The third-order valence-corrected chi connectivity index (χ3v) is 3.76. The maximum absolute atomic E-state index is 12.4. The van der Waals surface area contributed by atoms with Crippen molar-refractivity contribution < 1.29 is 23.8 Å². The Hall–Kier alpha value is -3.29. The Morgan fingerprint density at radius 3 is 2.38 bits per heavy atom. The van der Waals surface area contributed by atoms with Crippen LogP contribution in [-0.2, 0) is 9.53 Å². The second-order valence-electron chi connectivity index (χ2n) is 5.36. The van der Waals surface area contributed by atoms with Crippen molar-refractivity contribution in [3.8, 4) is 11.5 Å². The zero-order valence-corrected chi connectivity index (χ0v) is 14.7. The summed E-state index contributed by atoms with van der Waals surface area (Å²) in [6, 6.07) is 7.09. The number of methoxy groups -OCH3 is 3. The van der Waals surface area contributed by atoms with Crippen LogP contribution in [0, 0.1) is 0 Å². The number of hydrogen-bond donors (Lipinski definition) is 2. The summed E-state index contributed by atoms with van der Waals surface area (Å²) in [6.07, 6.45) is 1.24. The number of aromatic nitrogens is 1. The van der Waals surface area contributed by atoms with Gasteiger partial charge in [-0.15, -0.1) is 0 Å². The summed E-state index contributed by atoms with van der Waals surface area (Å²) in [5.41, 5.74) is 0.596. The Balaban J connectivity index is 2.31. The van der Waals surface area contributed by atoms with Crippen LogP contribution in [0.1, 0.15) is 28.4 Å². The summed E-state index contributed by atoms with van der Waals surface area (Å²) < 4.78 is 15.2. The Kier molecular flexibility index (Phi) is 6.37. The van der Waals surface area contributed by atoms with E-state index in [1.807, 2.05) is 0 Å². The van der Waals surface area contributed by atoms with Gasteiger partial charge in [-0.3, -0.25) is 14.4 Å². The number of aromatic amines is 1. The molecule has 0 aliphatic rings. The molecule has 0 radical (unpaired) electrons. The number of rotatable bonds is 7. The van der Waals surface area contributed by atoms with Crippen LogP contribution in [0.25, 0.3) is 0 Å². The van der Waals surface area contributed by atoms with Crippen LogP contribution in [0.3, 0.4) is 0 Å². The molecule has 26 heavy (non-hydrogen) atoms. The Morgan fingerprint density at radius 2 is 1.81 bits per heavy atom. The molecule has 0 bridgehead atoms. The van der Waals surface area contributed by atoms with Gasteiger partial charge in [-0.2, -0.15) is 0 Å². The van der Waals surface area contributed by atoms with Crippen LogP contribution in [0.2, 0.25) is 0 Å². The van der Waals surface area contributed by atoms with E-state index in [1.165, 1.54) is 39.7 Å². The molecule has 1 atom stereocenters. The molecule has 1 unspecified atom stereocenters. The minimum absolute atomic E-state index is 0.0684. The number of pyridine rings is 1.